The Bertz CT molecular complexity index is 546. The van der Waals surface area contributed by atoms with E-state index in [9.17, 15) is 9.90 Å². The van der Waals surface area contributed by atoms with Crippen LogP contribution in [0.1, 0.15) is 63.0 Å². The maximum atomic E-state index is 12.6. The van der Waals surface area contributed by atoms with Crippen molar-refractivity contribution in [3.05, 3.63) is 17.0 Å². The van der Waals surface area contributed by atoms with Crippen molar-refractivity contribution >= 4 is 5.91 Å². The molecule has 2 rings (SSSR count). The molecule has 1 fully saturated rings. The Labute approximate surface area is 133 Å². The molecule has 0 aliphatic carbocycles. The summed E-state index contributed by atoms with van der Waals surface area (Å²) in [5.41, 5.74) is 2.45. The molecule has 5 heteroatoms. The topological polar surface area (TPSA) is 58.4 Å². The molecule has 0 bridgehead atoms. The van der Waals surface area contributed by atoms with E-state index in [1.54, 1.807) is 0 Å². The highest BCUT2D eigenvalue weighted by molar-refractivity contribution is 5.79. The lowest BCUT2D eigenvalue weighted by atomic mass is 9.98. The number of aromatic nitrogens is 2. The van der Waals surface area contributed by atoms with E-state index in [1.165, 1.54) is 0 Å². The first-order valence-electron chi connectivity index (χ1n) is 8.26. The van der Waals surface area contributed by atoms with Gasteiger partial charge in [0.2, 0.25) is 5.91 Å². The molecule has 1 aliphatic rings. The molecule has 1 atom stereocenters. The van der Waals surface area contributed by atoms with E-state index in [-0.39, 0.29) is 5.91 Å². The SMILES string of the molecule is Cc1nn(C(C)C)c(C)c1CC(=O)N1CCCC(C)(O)CC1. The molecule has 1 amide bonds. The highest BCUT2D eigenvalue weighted by atomic mass is 16.3. The zero-order valence-electron chi connectivity index (χ0n) is 14.5. The largest absolute Gasteiger partial charge is 0.390 e. The van der Waals surface area contributed by atoms with Crippen molar-refractivity contribution in [3.8, 4) is 0 Å². The number of carbonyl (C=O) groups is 1. The van der Waals surface area contributed by atoms with Crippen LogP contribution < -0.4 is 0 Å². The van der Waals surface area contributed by atoms with Crippen LogP contribution in [0, 0.1) is 13.8 Å². The van der Waals surface area contributed by atoms with Gasteiger partial charge in [-0.3, -0.25) is 9.48 Å². The fraction of sp³-hybridized carbons (Fsp3) is 0.765. The first-order chi connectivity index (χ1) is 10.2. The van der Waals surface area contributed by atoms with Crippen LogP contribution in [-0.4, -0.2) is 44.4 Å². The molecule has 5 nitrogen and oxygen atoms in total. The molecule has 1 unspecified atom stereocenters. The van der Waals surface area contributed by atoms with E-state index in [4.69, 9.17) is 0 Å². The second kappa shape index (κ2) is 6.41. The molecule has 0 aromatic carbocycles. The number of aliphatic hydroxyl groups is 1. The Morgan fingerprint density at radius 2 is 2.00 bits per heavy atom. The van der Waals surface area contributed by atoms with Gasteiger partial charge in [-0.25, -0.2) is 0 Å². The summed E-state index contributed by atoms with van der Waals surface area (Å²) in [4.78, 5) is 14.5. The van der Waals surface area contributed by atoms with Gasteiger partial charge in [-0.1, -0.05) is 0 Å². The van der Waals surface area contributed by atoms with Crippen LogP contribution in [0.5, 0.6) is 0 Å². The number of hydrogen-bond donors (Lipinski definition) is 1. The third-order valence-electron chi connectivity index (χ3n) is 4.71. The molecular weight excluding hydrogens is 278 g/mol. The standard InChI is InChI=1S/C17H29N3O2/c1-12(2)20-14(4)15(13(3)18-20)11-16(21)19-9-6-7-17(5,22)8-10-19/h12,22H,6-11H2,1-5H3. The second-order valence-corrected chi connectivity index (χ2v) is 7.10. The predicted molar refractivity (Wildman–Crippen MR) is 86.8 cm³/mol. The summed E-state index contributed by atoms with van der Waals surface area (Å²) in [5, 5.41) is 14.7. The quantitative estimate of drug-likeness (QED) is 0.933. The van der Waals surface area contributed by atoms with Gasteiger partial charge in [0.25, 0.3) is 0 Å². The summed E-state index contributed by atoms with van der Waals surface area (Å²) in [6.07, 6.45) is 2.69. The summed E-state index contributed by atoms with van der Waals surface area (Å²) >= 11 is 0. The summed E-state index contributed by atoms with van der Waals surface area (Å²) in [6, 6.07) is 0.302. The predicted octanol–water partition coefficient (Wildman–Crippen LogP) is 2.39. The van der Waals surface area contributed by atoms with E-state index >= 15 is 0 Å². The van der Waals surface area contributed by atoms with Crippen molar-refractivity contribution in [1.29, 1.82) is 0 Å². The van der Waals surface area contributed by atoms with Gasteiger partial charge in [-0.05, 0) is 53.9 Å². The van der Waals surface area contributed by atoms with Gasteiger partial charge in [-0.2, -0.15) is 5.10 Å². The van der Waals surface area contributed by atoms with Crippen molar-refractivity contribution in [1.82, 2.24) is 14.7 Å². The first-order valence-corrected chi connectivity index (χ1v) is 8.26. The summed E-state index contributed by atoms with van der Waals surface area (Å²) in [6.45, 7) is 11.5. The number of rotatable bonds is 3. The summed E-state index contributed by atoms with van der Waals surface area (Å²) in [7, 11) is 0. The smallest absolute Gasteiger partial charge is 0.227 e. The molecule has 1 N–H and O–H groups in total. The number of amides is 1. The zero-order chi connectivity index (χ0) is 16.5. The fourth-order valence-electron chi connectivity index (χ4n) is 3.23. The molecule has 0 saturated carbocycles. The minimum Gasteiger partial charge on any atom is -0.390 e. The van der Waals surface area contributed by atoms with Gasteiger partial charge in [0.15, 0.2) is 0 Å². The maximum Gasteiger partial charge on any atom is 0.227 e. The van der Waals surface area contributed by atoms with Crippen LogP contribution in [-0.2, 0) is 11.2 Å². The van der Waals surface area contributed by atoms with Gasteiger partial charge >= 0.3 is 0 Å². The summed E-state index contributed by atoms with van der Waals surface area (Å²) in [5.74, 6) is 0.146. The van der Waals surface area contributed by atoms with Crippen LogP contribution in [0.3, 0.4) is 0 Å². The highest BCUT2D eigenvalue weighted by Gasteiger charge is 2.27. The van der Waals surface area contributed by atoms with Crippen LogP contribution in [0.15, 0.2) is 0 Å². The van der Waals surface area contributed by atoms with Crippen LogP contribution in [0.4, 0.5) is 0 Å². The lowest BCUT2D eigenvalue weighted by Crippen LogP contribution is -2.34. The normalized spacial score (nSPS) is 23.0. The monoisotopic (exact) mass is 307 g/mol. The van der Waals surface area contributed by atoms with Crippen molar-refractivity contribution in [3.63, 3.8) is 0 Å². The second-order valence-electron chi connectivity index (χ2n) is 7.10. The molecule has 1 aromatic heterocycles. The molecule has 0 radical (unpaired) electrons. The Kier molecular flexibility index (Phi) is 4.95. The fourth-order valence-corrected chi connectivity index (χ4v) is 3.23. The zero-order valence-corrected chi connectivity index (χ0v) is 14.5. The van der Waals surface area contributed by atoms with Gasteiger partial charge in [0.1, 0.15) is 0 Å². The Balaban J connectivity index is 2.09. The minimum absolute atomic E-state index is 0.146. The average molecular weight is 307 g/mol. The lowest BCUT2D eigenvalue weighted by molar-refractivity contribution is -0.130. The van der Waals surface area contributed by atoms with E-state index in [0.717, 1.165) is 36.3 Å². The number of nitrogens with zero attached hydrogens (tertiary/aromatic N) is 3. The first kappa shape index (κ1) is 17.0. The maximum absolute atomic E-state index is 12.6. The molecule has 22 heavy (non-hydrogen) atoms. The lowest BCUT2D eigenvalue weighted by Gasteiger charge is -2.22. The van der Waals surface area contributed by atoms with Crippen LogP contribution >= 0.6 is 0 Å². The Hall–Kier alpha value is -1.36. The Morgan fingerprint density at radius 3 is 2.59 bits per heavy atom. The van der Waals surface area contributed by atoms with Gasteiger partial charge in [0.05, 0.1) is 17.7 Å². The van der Waals surface area contributed by atoms with Crippen molar-refractivity contribution < 1.29 is 9.90 Å². The number of likely N-dealkylation sites (tertiary alicyclic amines) is 1. The van der Waals surface area contributed by atoms with E-state index in [2.05, 4.69) is 18.9 Å². The van der Waals surface area contributed by atoms with E-state index in [1.807, 2.05) is 30.4 Å². The number of hydrogen-bond acceptors (Lipinski definition) is 3. The highest BCUT2D eigenvalue weighted by Crippen LogP contribution is 2.23. The third-order valence-corrected chi connectivity index (χ3v) is 4.71. The Morgan fingerprint density at radius 1 is 1.32 bits per heavy atom. The van der Waals surface area contributed by atoms with Crippen LogP contribution in [0.2, 0.25) is 0 Å². The van der Waals surface area contributed by atoms with Gasteiger partial charge in [0, 0.05) is 30.4 Å². The molecule has 124 valence electrons. The number of aryl methyl sites for hydroxylation is 1. The minimum atomic E-state index is -0.636. The summed E-state index contributed by atoms with van der Waals surface area (Å²) < 4.78 is 1.99. The number of carbonyl (C=O) groups excluding carboxylic acids is 1. The van der Waals surface area contributed by atoms with Crippen molar-refractivity contribution in [2.45, 2.75) is 71.9 Å². The molecular formula is C17H29N3O2. The van der Waals surface area contributed by atoms with E-state index < -0.39 is 5.60 Å². The molecule has 1 aliphatic heterocycles. The van der Waals surface area contributed by atoms with E-state index in [0.29, 0.717) is 25.4 Å². The van der Waals surface area contributed by atoms with Crippen molar-refractivity contribution in [2.24, 2.45) is 0 Å². The molecule has 1 aromatic rings. The molecule has 0 spiro atoms. The van der Waals surface area contributed by atoms with Crippen molar-refractivity contribution in [2.75, 3.05) is 13.1 Å². The van der Waals surface area contributed by atoms with Gasteiger partial charge < -0.3 is 10.0 Å². The third kappa shape index (κ3) is 3.69. The molecule has 1 saturated heterocycles. The molecule has 2 heterocycles. The average Bonchev–Trinajstić information content (AvgIpc) is 2.60. The van der Waals surface area contributed by atoms with Gasteiger partial charge in [-0.15, -0.1) is 0 Å². The van der Waals surface area contributed by atoms with Crippen LogP contribution in [0.25, 0.3) is 0 Å².